The number of nitriles is 1. The molecule has 1 unspecified atom stereocenters. The molecule has 0 bridgehead atoms. The summed E-state index contributed by atoms with van der Waals surface area (Å²) in [5.74, 6) is 0. The second kappa shape index (κ2) is 4.03. The van der Waals surface area contributed by atoms with Crippen LogP contribution in [0.15, 0.2) is 12.4 Å². The minimum Gasteiger partial charge on any atom is -0.380 e. The Morgan fingerprint density at radius 3 is 3.13 bits per heavy atom. The minimum absolute atomic E-state index is 0.318. The molecule has 1 aromatic heterocycles. The highest BCUT2D eigenvalue weighted by Crippen LogP contribution is 2.31. The van der Waals surface area contributed by atoms with Gasteiger partial charge >= 0.3 is 0 Å². The van der Waals surface area contributed by atoms with Crippen LogP contribution in [0.2, 0.25) is 0 Å². The Morgan fingerprint density at radius 2 is 2.60 bits per heavy atom. The quantitative estimate of drug-likeness (QED) is 0.749. The highest BCUT2D eigenvalue weighted by Gasteiger charge is 2.35. The molecular formula is C11H15N3O. The SMILES string of the molecule is CCn1cc(CC2(C#N)CCOC2)cn1. The summed E-state index contributed by atoms with van der Waals surface area (Å²) in [5.41, 5.74) is 0.811. The Kier molecular flexibility index (Phi) is 2.74. The van der Waals surface area contributed by atoms with Crippen molar-refractivity contribution < 1.29 is 4.74 Å². The number of hydrogen-bond acceptors (Lipinski definition) is 3. The van der Waals surface area contributed by atoms with Crippen molar-refractivity contribution in [2.45, 2.75) is 26.3 Å². The zero-order chi connectivity index (χ0) is 10.7. The standard InChI is InChI=1S/C11H15N3O/c1-2-14-7-10(6-13-14)5-11(8-12)3-4-15-9-11/h6-7H,2-5,9H2,1H3. The average Bonchev–Trinajstić information content (AvgIpc) is 2.88. The van der Waals surface area contributed by atoms with Crippen molar-refractivity contribution in [3.8, 4) is 6.07 Å². The largest absolute Gasteiger partial charge is 0.380 e. The first-order valence-corrected chi connectivity index (χ1v) is 5.28. The van der Waals surface area contributed by atoms with Crippen LogP contribution in [-0.2, 0) is 17.7 Å². The van der Waals surface area contributed by atoms with Crippen molar-refractivity contribution in [2.24, 2.45) is 5.41 Å². The molecule has 1 atom stereocenters. The first kappa shape index (κ1) is 10.2. The van der Waals surface area contributed by atoms with Gasteiger partial charge in [-0.25, -0.2) is 0 Å². The molecule has 80 valence electrons. The van der Waals surface area contributed by atoms with Gasteiger partial charge in [-0.05, 0) is 25.3 Å². The van der Waals surface area contributed by atoms with Gasteiger partial charge in [0.05, 0.1) is 24.3 Å². The van der Waals surface area contributed by atoms with E-state index in [0.29, 0.717) is 13.2 Å². The summed E-state index contributed by atoms with van der Waals surface area (Å²) in [4.78, 5) is 0. The van der Waals surface area contributed by atoms with E-state index in [0.717, 1.165) is 24.9 Å². The molecule has 1 aliphatic rings. The maximum atomic E-state index is 9.18. The van der Waals surface area contributed by atoms with Crippen molar-refractivity contribution in [2.75, 3.05) is 13.2 Å². The molecule has 2 rings (SSSR count). The third kappa shape index (κ3) is 2.02. The second-order valence-corrected chi connectivity index (χ2v) is 4.08. The summed E-state index contributed by atoms with van der Waals surface area (Å²) in [6.07, 6.45) is 5.45. The van der Waals surface area contributed by atoms with Crippen molar-refractivity contribution in [3.63, 3.8) is 0 Å². The van der Waals surface area contributed by atoms with Gasteiger partial charge in [0.15, 0.2) is 0 Å². The Morgan fingerprint density at radius 1 is 1.73 bits per heavy atom. The molecule has 1 saturated heterocycles. The number of rotatable bonds is 3. The van der Waals surface area contributed by atoms with Crippen LogP contribution < -0.4 is 0 Å². The fourth-order valence-electron chi connectivity index (χ4n) is 1.94. The molecular weight excluding hydrogens is 190 g/mol. The lowest BCUT2D eigenvalue weighted by Gasteiger charge is -2.16. The number of nitrogens with zero attached hydrogens (tertiary/aromatic N) is 3. The highest BCUT2D eigenvalue weighted by atomic mass is 16.5. The molecule has 1 fully saturated rings. The summed E-state index contributed by atoms with van der Waals surface area (Å²) < 4.78 is 7.19. The fourth-order valence-corrected chi connectivity index (χ4v) is 1.94. The van der Waals surface area contributed by atoms with Gasteiger partial charge in [0.2, 0.25) is 0 Å². The Hall–Kier alpha value is -1.34. The monoisotopic (exact) mass is 205 g/mol. The molecule has 2 heterocycles. The number of hydrogen-bond donors (Lipinski definition) is 0. The van der Waals surface area contributed by atoms with Crippen molar-refractivity contribution >= 4 is 0 Å². The third-order valence-electron chi connectivity index (χ3n) is 2.89. The maximum absolute atomic E-state index is 9.18. The van der Waals surface area contributed by atoms with Crippen LogP contribution in [0, 0.1) is 16.7 Å². The predicted molar refractivity (Wildman–Crippen MR) is 55.1 cm³/mol. The highest BCUT2D eigenvalue weighted by molar-refractivity contribution is 5.14. The molecule has 1 aliphatic heterocycles. The third-order valence-corrected chi connectivity index (χ3v) is 2.89. The van der Waals surface area contributed by atoms with Crippen LogP contribution in [0.25, 0.3) is 0 Å². The Labute approximate surface area is 89.5 Å². The normalized spacial score (nSPS) is 25.3. The van der Waals surface area contributed by atoms with Crippen LogP contribution in [0.1, 0.15) is 18.9 Å². The molecule has 1 aromatic rings. The first-order chi connectivity index (χ1) is 7.28. The molecule has 0 aromatic carbocycles. The van der Waals surface area contributed by atoms with Crippen LogP contribution in [-0.4, -0.2) is 23.0 Å². The van der Waals surface area contributed by atoms with Gasteiger partial charge in [-0.3, -0.25) is 4.68 Å². The predicted octanol–water partition coefficient (Wildman–Crippen LogP) is 1.38. The van der Waals surface area contributed by atoms with E-state index < -0.39 is 0 Å². The van der Waals surface area contributed by atoms with Gasteiger partial charge in [0.25, 0.3) is 0 Å². The van der Waals surface area contributed by atoms with Crippen LogP contribution in [0.3, 0.4) is 0 Å². The smallest absolute Gasteiger partial charge is 0.0869 e. The first-order valence-electron chi connectivity index (χ1n) is 5.28. The van der Waals surface area contributed by atoms with E-state index in [1.54, 1.807) is 0 Å². The van der Waals surface area contributed by atoms with Gasteiger partial charge in [-0.15, -0.1) is 0 Å². The summed E-state index contributed by atoms with van der Waals surface area (Å²) in [6.45, 7) is 4.18. The van der Waals surface area contributed by atoms with E-state index >= 15 is 0 Å². The molecule has 4 heteroatoms. The second-order valence-electron chi connectivity index (χ2n) is 4.08. The van der Waals surface area contributed by atoms with Crippen molar-refractivity contribution in [1.82, 2.24) is 9.78 Å². The van der Waals surface area contributed by atoms with E-state index in [-0.39, 0.29) is 5.41 Å². The molecule has 0 saturated carbocycles. The Balaban J connectivity index is 2.10. The summed E-state index contributed by atoms with van der Waals surface area (Å²) in [5, 5.41) is 13.4. The topological polar surface area (TPSA) is 50.8 Å². The van der Waals surface area contributed by atoms with Gasteiger partial charge < -0.3 is 4.74 Å². The maximum Gasteiger partial charge on any atom is 0.0869 e. The summed E-state index contributed by atoms with van der Waals surface area (Å²) in [6, 6.07) is 2.39. The molecule has 0 aliphatic carbocycles. The Bertz CT molecular complexity index is 371. The van der Waals surface area contributed by atoms with Crippen LogP contribution >= 0.6 is 0 Å². The minimum atomic E-state index is -0.318. The zero-order valence-electron chi connectivity index (χ0n) is 8.94. The fraction of sp³-hybridized carbons (Fsp3) is 0.636. The molecule has 0 N–H and O–H groups in total. The lowest BCUT2D eigenvalue weighted by Crippen LogP contribution is -2.21. The lowest BCUT2D eigenvalue weighted by molar-refractivity contribution is 0.171. The molecule has 0 spiro atoms. The number of aromatic nitrogens is 2. The van der Waals surface area contributed by atoms with Crippen molar-refractivity contribution in [1.29, 1.82) is 5.26 Å². The van der Waals surface area contributed by atoms with Gasteiger partial charge in [-0.2, -0.15) is 10.4 Å². The van der Waals surface area contributed by atoms with E-state index in [2.05, 4.69) is 18.1 Å². The van der Waals surface area contributed by atoms with Gasteiger partial charge in [-0.1, -0.05) is 0 Å². The summed E-state index contributed by atoms with van der Waals surface area (Å²) >= 11 is 0. The molecule has 0 amide bonds. The van der Waals surface area contributed by atoms with E-state index in [9.17, 15) is 5.26 Å². The molecule has 0 radical (unpaired) electrons. The van der Waals surface area contributed by atoms with Crippen LogP contribution in [0.5, 0.6) is 0 Å². The van der Waals surface area contributed by atoms with E-state index in [1.807, 2.05) is 17.1 Å². The van der Waals surface area contributed by atoms with Crippen LogP contribution in [0.4, 0.5) is 0 Å². The van der Waals surface area contributed by atoms with E-state index in [1.165, 1.54) is 0 Å². The lowest BCUT2D eigenvalue weighted by atomic mass is 9.83. The zero-order valence-corrected chi connectivity index (χ0v) is 8.94. The van der Waals surface area contributed by atoms with E-state index in [4.69, 9.17) is 4.74 Å². The van der Waals surface area contributed by atoms with Crippen molar-refractivity contribution in [3.05, 3.63) is 18.0 Å². The average molecular weight is 205 g/mol. The van der Waals surface area contributed by atoms with Gasteiger partial charge in [0.1, 0.15) is 0 Å². The number of ether oxygens (including phenoxy) is 1. The number of aryl methyl sites for hydroxylation is 1. The molecule has 4 nitrogen and oxygen atoms in total. The summed E-state index contributed by atoms with van der Waals surface area (Å²) in [7, 11) is 0. The molecule has 15 heavy (non-hydrogen) atoms. The van der Waals surface area contributed by atoms with Gasteiger partial charge in [0, 0.05) is 19.3 Å².